The molecule has 4 heteroatoms. The van der Waals surface area contributed by atoms with E-state index in [1.165, 1.54) is 12.8 Å². The Morgan fingerprint density at radius 1 is 1.18 bits per heavy atom. The molecule has 1 fully saturated rings. The highest BCUT2D eigenvalue weighted by atomic mass is 127. The summed E-state index contributed by atoms with van der Waals surface area (Å²) in [5, 5.41) is 2.96. The van der Waals surface area contributed by atoms with Crippen molar-refractivity contribution in [2.75, 3.05) is 18.4 Å². The molecule has 1 aromatic carbocycles. The summed E-state index contributed by atoms with van der Waals surface area (Å²) < 4.78 is 1.14. The fraction of sp³-hybridized carbons (Fsp3) is 0.462. The van der Waals surface area contributed by atoms with Crippen LogP contribution in [0, 0.1) is 3.57 Å². The molecule has 1 aliphatic rings. The van der Waals surface area contributed by atoms with Crippen LogP contribution >= 0.6 is 22.6 Å². The van der Waals surface area contributed by atoms with E-state index in [1.54, 1.807) is 0 Å². The summed E-state index contributed by atoms with van der Waals surface area (Å²) in [5.41, 5.74) is 0.881. The quantitative estimate of drug-likeness (QED) is 0.774. The maximum Gasteiger partial charge on any atom is 0.321 e. The fourth-order valence-corrected chi connectivity index (χ4v) is 2.59. The highest BCUT2D eigenvalue weighted by Gasteiger charge is 2.15. The van der Waals surface area contributed by atoms with Crippen LogP contribution < -0.4 is 5.32 Å². The molecule has 0 aromatic heterocycles. The van der Waals surface area contributed by atoms with Gasteiger partial charge in [0.1, 0.15) is 0 Å². The lowest BCUT2D eigenvalue weighted by atomic mass is 10.2. The topological polar surface area (TPSA) is 32.3 Å². The Labute approximate surface area is 116 Å². The Morgan fingerprint density at radius 3 is 2.53 bits per heavy atom. The number of hydrogen-bond acceptors (Lipinski definition) is 1. The molecule has 0 atom stereocenters. The molecule has 0 radical (unpaired) electrons. The molecule has 0 spiro atoms. The van der Waals surface area contributed by atoms with Gasteiger partial charge in [0.25, 0.3) is 0 Å². The lowest BCUT2D eigenvalue weighted by Gasteiger charge is -2.20. The Morgan fingerprint density at radius 2 is 1.88 bits per heavy atom. The number of halogens is 1. The minimum Gasteiger partial charge on any atom is -0.325 e. The molecule has 1 aliphatic heterocycles. The van der Waals surface area contributed by atoms with Crippen LogP contribution in [0.5, 0.6) is 0 Å². The van der Waals surface area contributed by atoms with E-state index >= 15 is 0 Å². The van der Waals surface area contributed by atoms with Gasteiger partial charge in [0.15, 0.2) is 0 Å². The Kier molecular flexibility index (Phi) is 4.65. The molecule has 0 saturated carbocycles. The van der Waals surface area contributed by atoms with E-state index in [0.29, 0.717) is 0 Å². The molecular formula is C13H17IN2O. The Hall–Kier alpha value is -0.780. The van der Waals surface area contributed by atoms with Gasteiger partial charge in [-0.3, -0.25) is 0 Å². The van der Waals surface area contributed by atoms with Crippen molar-refractivity contribution in [3.63, 3.8) is 0 Å². The summed E-state index contributed by atoms with van der Waals surface area (Å²) in [6, 6.07) is 7.92. The van der Waals surface area contributed by atoms with Crippen molar-refractivity contribution in [1.29, 1.82) is 0 Å². The van der Waals surface area contributed by atoms with Crippen LogP contribution in [0.15, 0.2) is 24.3 Å². The molecule has 0 aliphatic carbocycles. The van der Waals surface area contributed by atoms with Gasteiger partial charge in [-0.15, -0.1) is 0 Å². The average molecular weight is 344 g/mol. The van der Waals surface area contributed by atoms with Crippen LogP contribution in [0.25, 0.3) is 0 Å². The van der Waals surface area contributed by atoms with E-state index < -0.39 is 0 Å². The van der Waals surface area contributed by atoms with Gasteiger partial charge in [-0.2, -0.15) is 0 Å². The van der Waals surface area contributed by atoms with E-state index in [1.807, 2.05) is 29.2 Å². The van der Waals surface area contributed by atoms with Crippen molar-refractivity contribution in [3.8, 4) is 0 Å². The molecular weight excluding hydrogens is 327 g/mol. The van der Waals surface area contributed by atoms with Crippen molar-refractivity contribution < 1.29 is 4.79 Å². The molecule has 17 heavy (non-hydrogen) atoms. The second kappa shape index (κ2) is 6.23. The van der Waals surface area contributed by atoms with Crippen LogP contribution in [0.4, 0.5) is 10.5 Å². The van der Waals surface area contributed by atoms with Gasteiger partial charge in [-0.05, 0) is 53.6 Å². The van der Waals surface area contributed by atoms with Crippen LogP contribution in [0.3, 0.4) is 0 Å². The number of urea groups is 1. The first-order valence-corrected chi connectivity index (χ1v) is 7.15. The summed E-state index contributed by atoms with van der Waals surface area (Å²) >= 11 is 2.25. The molecule has 0 bridgehead atoms. The molecule has 2 rings (SSSR count). The number of amides is 2. The molecule has 3 nitrogen and oxygen atoms in total. The first-order chi connectivity index (χ1) is 8.25. The van der Waals surface area contributed by atoms with E-state index in [9.17, 15) is 4.79 Å². The molecule has 0 unspecified atom stereocenters. The van der Waals surface area contributed by atoms with E-state index in [2.05, 4.69) is 27.9 Å². The maximum atomic E-state index is 12.0. The number of benzene rings is 1. The predicted molar refractivity (Wildman–Crippen MR) is 78.2 cm³/mol. The van der Waals surface area contributed by atoms with Gasteiger partial charge in [0.05, 0.1) is 0 Å². The van der Waals surface area contributed by atoms with Crippen LogP contribution in [0.1, 0.15) is 25.7 Å². The molecule has 1 saturated heterocycles. The zero-order valence-electron chi connectivity index (χ0n) is 9.79. The van der Waals surface area contributed by atoms with Gasteiger partial charge in [0, 0.05) is 22.3 Å². The number of likely N-dealkylation sites (tertiary alicyclic amines) is 1. The van der Waals surface area contributed by atoms with Crippen LogP contribution in [0.2, 0.25) is 0 Å². The van der Waals surface area contributed by atoms with Crippen molar-refractivity contribution >= 4 is 34.3 Å². The summed E-state index contributed by atoms with van der Waals surface area (Å²) in [5.74, 6) is 0. The molecule has 1 heterocycles. The maximum absolute atomic E-state index is 12.0. The third kappa shape index (κ3) is 3.87. The van der Waals surface area contributed by atoms with Crippen LogP contribution in [-0.2, 0) is 0 Å². The number of carbonyl (C=O) groups excluding carboxylic acids is 1. The van der Waals surface area contributed by atoms with Gasteiger partial charge in [0.2, 0.25) is 0 Å². The van der Waals surface area contributed by atoms with Gasteiger partial charge in [-0.1, -0.05) is 18.9 Å². The Balaban J connectivity index is 1.95. The summed E-state index contributed by atoms with van der Waals surface area (Å²) in [4.78, 5) is 14.0. The van der Waals surface area contributed by atoms with Crippen molar-refractivity contribution in [3.05, 3.63) is 27.8 Å². The lowest BCUT2D eigenvalue weighted by Crippen LogP contribution is -2.35. The fourth-order valence-electron chi connectivity index (χ4n) is 2.04. The normalized spacial score (nSPS) is 16.4. The molecule has 92 valence electrons. The van der Waals surface area contributed by atoms with Crippen molar-refractivity contribution in [1.82, 2.24) is 4.90 Å². The summed E-state index contributed by atoms with van der Waals surface area (Å²) in [6.45, 7) is 1.77. The summed E-state index contributed by atoms with van der Waals surface area (Å²) in [7, 11) is 0. The zero-order valence-corrected chi connectivity index (χ0v) is 11.9. The highest BCUT2D eigenvalue weighted by Crippen LogP contribution is 2.15. The second-order valence-corrected chi connectivity index (χ2v) is 5.59. The van der Waals surface area contributed by atoms with Crippen molar-refractivity contribution in [2.24, 2.45) is 0 Å². The minimum atomic E-state index is 0.0360. The third-order valence-corrected chi connectivity index (χ3v) is 3.64. The number of nitrogens with one attached hydrogen (secondary N) is 1. The Bertz CT molecular complexity index is 387. The number of carbonyl (C=O) groups is 1. The average Bonchev–Trinajstić information content (AvgIpc) is 2.57. The van der Waals surface area contributed by atoms with Gasteiger partial charge < -0.3 is 10.2 Å². The van der Waals surface area contributed by atoms with E-state index in [4.69, 9.17) is 0 Å². The zero-order chi connectivity index (χ0) is 12.1. The lowest BCUT2D eigenvalue weighted by molar-refractivity contribution is 0.214. The smallest absolute Gasteiger partial charge is 0.321 e. The predicted octanol–water partition coefficient (Wildman–Crippen LogP) is 3.70. The first-order valence-electron chi connectivity index (χ1n) is 6.07. The number of rotatable bonds is 1. The molecule has 1 aromatic rings. The largest absolute Gasteiger partial charge is 0.325 e. The SMILES string of the molecule is O=C(Nc1cccc(I)c1)N1CCCCCC1. The second-order valence-electron chi connectivity index (χ2n) is 4.34. The number of anilines is 1. The van der Waals surface area contributed by atoms with E-state index in [-0.39, 0.29) is 6.03 Å². The molecule has 2 amide bonds. The van der Waals surface area contributed by atoms with Crippen molar-refractivity contribution in [2.45, 2.75) is 25.7 Å². The third-order valence-electron chi connectivity index (χ3n) is 2.97. The summed E-state index contributed by atoms with van der Waals surface area (Å²) in [6.07, 6.45) is 4.74. The van der Waals surface area contributed by atoms with E-state index in [0.717, 1.165) is 35.2 Å². The molecule has 1 N–H and O–H groups in total. The number of hydrogen-bond donors (Lipinski definition) is 1. The van der Waals surface area contributed by atoms with Gasteiger partial charge >= 0.3 is 6.03 Å². The van der Waals surface area contributed by atoms with Gasteiger partial charge in [-0.25, -0.2) is 4.79 Å². The monoisotopic (exact) mass is 344 g/mol. The van der Waals surface area contributed by atoms with Crippen LogP contribution in [-0.4, -0.2) is 24.0 Å². The number of nitrogens with zero attached hydrogens (tertiary/aromatic N) is 1. The first kappa shape index (κ1) is 12.7. The minimum absolute atomic E-state index is 0.0360. The standard InChI is InChI=1S/C13H17IN2O/c14-11-6-5-7-12(10-11)15-13(17)16-8-3-1-2-4-9-16/h5-7,10H,1-4,8-9H2,(H,15,17). The highest BCUT2D eigenvalue weighted by molar-refractivity contribution is 14.1.